The molecule has 88 valence electrons. The molecular weight excluding hydrogens is 228 g/mol. The summed E-state index contributed by atoms with van der Waals surface area (Å²) in [5, 5.41) is 7.32. The molecule has 0 amide bonds. The maximum absolute atomic E-state index is 11.9. The highest BCUT2D eigenvalue weighted by Gasteiger charge is 2.30. The van der Waals surface area contributed by atoms with Gasteiger partial charge in [-0.1, -0.05) is 17.7 Å². The highest BCUT2D eigenvalue weighted by Crippen LogP contribution is 2.21. The van der Waals surface area contributed by atoms with Gasteiger partial charge in [-0.15, -0.1) is 0 Å². The number of benzene rings is 1. The van der Waals surface area contributed by atoms with Crippen LogP contribution in [0.3, 0.4) is 0 Å². The number of sulfone groups is 1. The molecule has 4 nitrogen and oxygen atoms in total. The van der Waals surface area contributed by atoms with Crippen molar-refractivity contribution < 1.29 is 18.3 Å². The molecule has 0 aliphatic heterocycles. The Hall–Kier alpha value is -1.36. The van der Waals surface area contributed by atoms with Crippen molar-refractivity contribution in [3.63, 3.8) is 0 Å². The topological polar surface area (TPSA) is 71.4 Å². The molecule has 0 fully saturated rings. The minimum atomic E-state index is -3.79. The molecule has 0 saturated carbocycles. The Labute approximate surface area is 94.8 Å². The lowest BCUT2D eigenvalue weighted by atomic mass is 10.2. The number of rotatable bonds is 3. The average Bonchev–Trinajstić information content (AvgIpc) is 2.15. The summed E-state index contributed by atoms with van der Waals surface area (Å²) in [7, 11) is -3.79. The third-order valence-corrected chi connectivity index (χ3v) is 4.65. The van der Waals surface area contributed by atoms with Crippen molar-refractivity contribution in [2.24, 2.45) is 0 Å². The lowest BCUT2D eigenvalue weighted by Crippen LogP contribution is -2.27. The molecular formula is C11H14O4S. The normalized spacial score (nSPS) is 13.4. The summed E-state index contributed by atoms with van der Waals surface area (Å²) in [5.74, 6) is -1.33. The Morgan fingerprint density at radius 2 is 1.88 bits per heavy atom. The van der Waals surface area contributed by atoms with E-state index in [-0.39, 0.29) is 4.90 Å². The van der Waals surface area contributed by atoms with E-state index < -0.39 is 21.1 Å². The molecule has 0 aliphatic rings. The van der Waals surface area contributed by atoms with Crippen LogP contribution in [0.2, 0.25) is 0 Å². The molecule has 1 N–H and O–H groups in total. The van der Waals surface area contributed by atoms with E-state index in [4.69, 9.17) is 5.11 Å². The first-order chi connectivity index (χ1) is 7.26. The molecule has 0 spiro atoms. The molecule has 0 saturated heterocycles. The Balaban J connectivity index is 3.33. The lowest BCUT2D eigenvalue weighted by Gasteiger charge is -2.11. The van der Waals surface area contributed by atoms with Gasteiger partial charge in [-0.05, 0) is 32.4 Å². The number of carboxylic acids is 1. The number of carboxylic acid groups (broad SMARTS) is 1. The number of aliphatic carboxylic acids is 1. The second kappa shape index (κ2) is 4.25. The standard InChI is InChI=1S/C11H14O4S/c1-7-4-5-10(8(2)6-7)16(14,15)9(3)11(12)13/h4-6,9H,1-3H3,(H,12,13). The van der Waals surface area contributed by atoms with Gasteiger partial charge in [-0.2, -0.15) is 0 Å². The predicted molar refractivity (Wildman–Crippen MR) is 60.2 cm³/mol. The summed E-state index contributed by atoms with van der Waals surface area (Å²) in [4.78, 5) is 10.8. The van der Waals surface area contributed by atoms with Crippen molar-refractivity contribution in [2.75, 3.05) is 0 Å². The zero-order valence-electron chi connectivity index (χ0n) is 9.39. The maximum Gasteiger partial charge on any atom is 0.321 e. The molecule has 0 aliphatic carbocycles. The Kier molecular flexibility index (Phi) is 3.38. The fraction of sp³-hybridized carbons (Fsp3) is 0.364. The molecule has 1 unspecified atom stereocenters. The van der Waals surface area contributed by atoms with Crippen LogP contribution in [0.15, 0.2) is 23.1 Å². The van der Waals surface area contributed by atoms with Gasteiger partial charge < -0.3 is 5.11 Å². The van der Waals surface area contributed by atoms with Crippen molar-refractivity contribution in [1.29, 1.82) is 0 Å². The highest BCUT2D eigenvalue weighted by atomic mass is 32.2. The molecule has 1 rings (SSSR count). The average molecular weight is 242 g/mol. The van der Waals surface area contributed by atoms with E-state index in [9.17, 15) is 13.2 Å². The van der Waals surface area contributed by atoms with Crippen LogP contribution in [0.1, 0.15) is 18.1 Å². The van der Waals surface area contributed by atoms with E-state index in [0.717, 1.165) is 5.56 Å². The van der Waals surface area contributed by atoms with Gasteiger partial charge in [0.2, 0.25) is 0 Å². The van der Waals surface area contributed by atoms with Gasteiger partial charge in [0, 0.05) is 0 Å². The third kappa shape index (κ3) is 2.24. The maximum atomic E-state index is 11.9. The number of hydrogen-bond donors (Lipinski definition) is 1. The van der Waals surface area contributed by atoms with Gasteiger partial charge >= 0.3 is 5.97 Å². The molecule has 1 aromatic rings. The molecule has 0 heterocycles. The first-order valence-electron chi connectivity index (χ1n) is 4.80. The van der Waals surface area contributed by atoms with E-state index in [1.165, 1.54) is 13.0 Å². The lowest BCUT2D eigenvalue weighted by molar-refractivity contribution is -0.136. The van der Waals surface area contributed by atoms with E-state index in [2.05, 4.69) is 0 Å². The van der Waals surface area contributed by atoms with Crippen LogP contribution in [-0.2, 0) is 14.6 Å². The monoisotopic (exact) mass is 242 g/mol. The highest BCUT2D eigenvalue weighted by molar-refractivity contribution is 7.92. The van der Waals surface area contributed by atoms with Crippen molar-refractivity contribution in [3.8, 4) is 0 Å². The van der Waals surface area contributed by atoms with Crippen LogP contribution in [0.4, 0.5) is 0 Å². The minimum Gasteiger partial charge on any atom is -0.480 e. The smallest absolute Gasteiger partial charge is 0.321 e. The van der Waals surface area contributed by atoms with Crippen molar-refractivity contribution in [3.05, 3.63) is 29.3 Å². The second-order valence-electron chi connectivity index (χ2n) is 3.79. The molecule has 1 atom stereocenters. The summed E-state index contributed by atoms with van der Waals surface area (Å²) in [5.41, 5.74) is 1.52. The van der Waals surface area contributed by atoms with Crippen molar-refractivity contribution >= 4 is 15.8 Å². The van der Waals surface area contributed by atoms with Gasteiger partial charge in [-0.3, -0.25) is 4.79 Å². The second-order valence-corrected chi connectivity index (χ2v) is 6.03. The fourth-order valence-corrected chi connectivity index (χ4v) is 2.85. The predicted octanol–water partition coefficient (Wildman–Crippen LogP) is 1.55. The van der Waals surface area contributed by atoms with Gasteiger partial charge in [0.15, 0.2) is 15.1 Å². The van der Waals surface area contributed by atoms with Crippen LogP contribution in [0.5, 0.6) is 0 Å². The van der Waals surface area contributed by atoms with Gasteiger partial charge in [0.1, 0.15) is 0 Å². The zero-order valence-corrected chi connectivity index (χ0v) is 10.2. The molecule has 5 heteroatoms. The Morgan fingerprint density at radius 1 is 1.31 bits per heavy atom. The number of hydrogen-bond acceptors (Lipinski definition) is 3. The first-order valence-corrected chi connectivity index (χ1v) is 6.35. The summed E-state index contributed by atoms with van der Waals surface area (Å²) in [6.07, 6.45) is 0. The van der Waals surface area contributed by atoms with Crippen LogP contribution >= 0.6 is 0 Å². The quantitative estimate of drug-likeness (QED) is 0.873. The largest absolute Gasteiger partial charge is 0.480 e. The van der Waals surface area contributed by atoms with E-state index >= 15 is 0 Å². The first kappa shape index (κ1) is 12.7. The molecule has 0 aromatic heterocycles. The number of carbonyl (C=O) groups is 1. The Bertz CT molecular complexity index is 517. The van der Waals surface area contributed by atoms with Gasteiger partial charge in [0.25, 0.3) is 0 Å². The van der Waals surface area contributed by atoms with Gasteiger partial charge in [0.05, 0.1) is 4.90 Å². The SMILES string of the molecule is Cc1ccc(S(=O)(=O)C(C)C(=O)O)c(C)c1. The van der Waals surface area contributed by atoms with Crippen LogP contribution in [-0.4, -0.2) is 24.7 Å². The molecule has 0 bridgehead atoms. The summed E-state index contributed by atoms with van der Waals surface area (Å²) >= 11 is 0. The van der Waals surface area contributed by atoms with Crippen LogP contribution in [0, 0.1) is 13.8 Å². The summed E-state index contributed by atoms with van der Waals surface area (Å²) in [6.45, 7) is 4.69. The van der Waals surface area contributed by atoms with Crippen LogP contribution < -0.4 is 0 Å². The molecule has 0 radical (unpaired) electrons. The van der Waals surface area contributed by atoms with Crippen molar-refractivity contribution in [1.82, 2.24) is 0 Å². The fourth-order valence-electron chi connectivity index (χ4n) is 1.44. The summed E-state index contributed by atoms with van der Waals surface area (Å²) in [6, 6.07) is 4.84. The zero-order chi connectivity index (χ0) is 12.5. The van der Waals surface area contributed by atoms with Gasteiger partial charge in [-0.25, -0.2) is 8.42 Å². The van der Waals surface area contributed by atoms with E-state index in [0.29, 0.717) is 5.56 Å². The minimum absolute atomic E-state index is 0.0907. The molecule has 16 heavy (non-hydrogen) atoms. The summed E-state index contributed by atoms with van der Waals surface area (Å²) < 4.78 is 23.8. The van der Waals surface area contributed by atoms with Crippen LogP contribution in [0.25, 0.3) is 0 Å². The van der Waals surface area contributed by atoms with E-state index in [1.54, 1.807) is 19.1 Å². The third-order valence-electron chi connectivity index (χ3n) is 2.45. The number of aryl methyl sites for hydroxylation is 2. The Morgan fingerprint density at radius 3 is 2.31 bits per heavy atom. The van der Waals surface area contributed by atoms with Crippen molar-refractivity contribution in [2.45, 2.75) is 30.9 Å². The molecule has 1 aromatic carbocycles. The van der Waals surface area contributed by atoms with E-state index in [1.807, 2.05) is 6.92 Å².